The number of carbonyl (C=O) groups is 2. The number of rotatable bonds is 3. The van der Waals surface area contributed by atoms with E-state index in [0.717, 1.165) is 56.8 Å². The fourth-order valence-corrected chi connectivity index (χ4v) is 4.21. The Kier molecular flexibility index (Phi) is 5.83. The van der Waals surface area contributed by atoms with Crippen LogP contribution in [0.3, 0.4) is 0 Å². The number of hydrogen-bond acceptors (Lipinski definition) is 5. The second kappa shape index (κ2) is 8.68. The summed E-state index contributed by atoms with van der Waals surface area (Å²) in [6.07, 6.45) is 10.1. The molecule has 152 valence electrons. The van der Waals surface area contributed by atoms with Gasteiger partial charge in [-0.1, -0.05) is 0 Å². The lowest BCUT2D eigenvalue weighted by Crippen LogP contribution is -2.39. The molecular formula is C22H27N5O2. The molecule has 0 radical (unpaired) electrons. The minimum absolute atomic E-state index is 0.0192. The van der Waals surface area contributed by atoms with Crippen LogP contribution in [0, 0.1) is 6.92 Å². The summed E-state index contributed by atoms with van der Waals surface area (Å²) in [4.78, 5) is 42.5. The molecule has 2 fully saturated rings. The highest BCUT2D eigenvalue weighted by Crippen LogP contribution is 2.26. The number of aromatic nitrogens is 3. The number of amides is 2. The highest BCUT2D eigenvalue weighted by atomic mass is 16.2. The van der Waals surface area contributed by atoms with E-state index < -0.39 is 0 Å². The van der Waals surface area contributed by atoms with E-state index in [-0.39, 0.29) is 17.7 Å². The second-order valence-corrected chi connectivity index (χ2v) is 7.91. The Morgan fingerprint density at radius 2 is 1.69 bits per heavy atom. The molecule has 0 spiro atoms. The van der Waals surface area contributed by atoms with Crippen molar-refractivity contribution in [1.82, 2.24) is 24.8 Å². The van der Waals surface area contributed by atoms with Crippen molar-refractivity contribution in [2.24, 2.45) is 0 Å². The first kappa shape index (κ1) is 19.5. The first-order valence-electron chi connectivity index (χ1n) is 10.5. The summed E-state index contributed by atoms with van der Waals surface area (Å²) in [6.45, 7) is 4.84. The van der Waals surface area contributed by atoms with Gasteiger partial charge in [-0.05, 0) is 51.2 Å². The normalized spacial score (nSPS) is 19.8. The highest BCUT2D eigenvalue weighted by molar-refractivity contribution is 5.95. The van der Waals surface area contributed by atoms with Crippen molar-refractivity contribution >= 4 is 11.8 Å². The van der Waals surface area contributed by atoms with E-state index >= 15 is 0 Å². The fraction of sp³-hybridized carbons (Fsp3) is 0.500. The zero-order chi connectivity index (χ0) is 20.2. The van der Waals surface area contributed by atoms with Crippen LogP contribution >= 0.6 is 0 Å². The summed E-state index contributed by atoms with van der Waals surface area (Å²) in [5.41, 5.74) is 1.97. The van der Waals surface area contributed by atoms with Crippen LogP contribution in [0.2, 0.25) is 0 Å². The van der Waals surface area contributed by atoms with Crippen molar-refractivity contribution in [2.45, 2.75) is 44.9 Å². The molecule has 4 rings (SSSR count). The van der Waals surface area contributed by atoms with E-state index in [2.05, 4.69) is 15.0 Å². The molecule has 0 aromatic carbocycles. The van der Waals surface area contributed by atoms with Crippen molar-refractivity contribution in [3.8, 4) is 0 Å². The van der Waals surface area contributed by atoms with Gasteiger partial charge in [0, 0.05) is 56.3 Å². The third-order valence-corrected chi connectivity index (χ3v) is 5.87. The van der Waals surface area contributed by atoms with E-state index in [1.807, 2.05) is 16.7 Å². The zero-order valence-electron chi connectivity index (χ0n) is 16.9. The SMILES string of the molecule is Cc1nc([C@@H]2CCCN(C(=O)c3ccncc3)C2)ncc1C(=O)N1CCCCC1. The fourth-order valence-electron chi connectivity index (χ4n) is 4.21. The molecule has 2 amide bonds. The van der Waals surface area contributed by atoms with Crippen molar-refractivity contribution in [2.75, 3.05) is 26.2 Å². The largest absolute Gasteiger partial charge is 0.339 e. The third-order valence-electron chi connectivity index (χ3n) is 5.87. The summed E-state index contributed by atoms with van der Waals surface area (Å²) in [5.74, 6) is 0.870. The molecule has 7 nitrogen and oxygen atoms in total. The number of pyridine rings is 1. The minimum atomic E-state index is 0.0192. The van der Waals surface area contributed by atoms with Crippen molar-refractivity contribution in [3.05, 3.63) is 53.4 Å². The molecule has 2 aliphatic rings. The van der Waals surface area contributed by atoms with E-state index in [0.29, 0.717) is 17.7 Å². The van der Waals surface area contributed by atoms with Crippen molar-refractivity contribution in [3.63, 3.8) is 0 Å². The molecule has 2 aromatic heterocycles. The van der Waals surface area contributed by atoms with E-state index in [1.165, 1.54) is 6.42 Å². The first-order chi connectivity index (χ1) is 14.1. The summed E-state index contributed by atoms with van der Waals surface area (Å²) < 4.78 is 0. The quantitative estimate of drug-likeness (QED) is 0.801. The summed E-state index contributed by atoms with van der Waals surface area (Å²) >= 11 is 0. The molecule has 0 bridgehead atoms. The Labute approximate surface area is 171 Å². The van der Waals surface area contributed by atoms with E-state index in [9.17, 15) is 9.59 Å². The lowest BCUT2D eigenvalue weighted by atomic mass is 9.96. The molecule has 0 N–H and O–H groups in total. The number of aryl methyl sites for hydroxylation is 1. The van der Waals surface area contributed by atoms with Gasteiger partial charge in [0.25, 0.3) is 11.8 Å². The summed E-state index contributed by atoms with van der Waals surface area (Å²) in [5, 5.41) is 0. The standard InChI is InChI=1S/C22H27N5O2/c1-16-19(22(29)26-11-3-2-4-12-26)14-24-20(25-16)18-6-5-13-27(15-18)21(28)17-7-9-23-10-8-17/h7-10,14,18H,2-6,11-13,15H2,1H3/t18-/m1/s1. The average molecular weight is 393 g/mol. The van der Waals surface area contributed by atoms with Crippen molar-refractivity contribution < 1.29 is 9.59 Å². The van der Waals surface area contributed by atoms with Crippen LogP contribution < -0.4 is 0 Å². The third kappa shape index (κ3) is 4.28. The Balaban J connectivity index is 1.47. The molecule has 2 aliphatic heterocycles. The second-order valence-electron chi connectivity index (χ2n) is 7.91. The van der Waals surface area contributed by atoms with E-state index in [4.69, 9.17) is 0 Å². The molecular weight excluding hydrogens is 366 g/mol. The predicted molar refractivity (Wildman–Crippen MR) is 109 cm³/mol. The molecule has 0 aliphatic carbocycles. The Bertz CT molecular complexity index is 880. The number of piperidine rings is 2. The molecule has 2 aromatic rings. The first-order valence-corrected chi connectivity index (χ1v) is 10.5. The molecule has 29 heavy (non-hydrogen) atoms. The van der Waals surface area contributed by atoms with Gasteiger partial charge >= 0.3 is 0 Å². The van der Waals surface area contributed by atoms with Crippen LogP contribution in [0.25, 0.3) is 0 Å². The highest BCUT2D eigenvalue weighted by Gasteiger charge is 2.28. The van der Waals surface area contributed by atoms with Gasteiger partial charge in [-0.15, -0.1) is 0 Å². The zero-order valence-corrected chi connectivity index (χ0v) is 16.9. The summed E-state index contributed by atoms with van der Waals surface area (Å²) in [6, 6.07) is 3.49. The molecule has 2 saturated heterocycles. The lowest BCUT2D eigenvalue weighted by Gasteiger charge is -2.32. The lowest BCUT2D eigenvalue weighted by molar-refractivity contribution is 0.0703. The number of carbonyl (C=O) groups excluding carboxylic acids is 2. The van der Waals surface area contributed by atoms with Gasteiger partial charge in [0.2, 0.25) is 0 Å². The molecule has 1 atom stereocenters. The molecule has 4 heterocycles. The monoisotopic (exact) mass is 393 g/mol. The molecule has 0 unspecified atom stereocenters. The van der Waals surface area contributed by atoms with Gasteiger partial charge in [-0.3, -0.25) is 14.6 Å². The summed E-state index contributed by atoms with van der Waals surface area (Å²) in [7, 11) is 0. The smallest absolute Gasteiger partial charge is 0.257 e. The predicted octanol–water partition coefficient (Wildman–Crippen LogP) is 2.83. The number of likely N-dealkylation sites (tertiary alicyclic amines) is 2. The average Bonchev–Trinajstić information content (AvgIpc) is 2.79. The maximum Gasteiger partial charge on any atom is 0.257 e. The van der Waals surface area contributed by atoms with Gasteiger partial charge in [0.1, 0.15) is 5.82 Å². The maximum atomic E-state index is 12.8. The number of hydrogen-bond donors (Lipinski definition) is 0. The Hall–Kier alpha value is -2.83. The van der Waals surface area contributed by atoms with Crippen LogP contribution in [0.15, 0.2) is 30.7 Å². The molecule has 7 heteroatoms. The van der Waals surface area contributed by atoms with Gasteiger partial charge in [-0.2, -0.15) is 0 Å². The van der Waals surface area contributed by atoms with Crippen LogP contribution in [0.1, 0.15) is 70.3 Å². The number of nitrogens with zero attached hydrogens (tertiary/aromatic N) is 5. The Morgan fingerprint density at radius 1 is 0.966 bits per heavy atom. The molecule has 0 saturated carbocycles. The van der Waals surface area contributed by atoms with Gasteiger partial charge in [-0.25, -0.2) is 9.97 Å². The van der Waals surface area contributed by atoms with Crippen LogP contribution in [-0.4, -0.2) is 62.7 Å². The topological polar surface area (TPSA) is 79.3 Å². The van der Waals surface area contributed by atoms with Crippen molar-refractivity contribution in [1.29, 1.82) is 0 Å². The van der Waals surface area contributed by atoms with Gasteiger partial charge in [0.15, 0.2) is 0 Å². The Morgan fingerprint density at radius 3 is 2.41 bits per heavy atom. The van der Waals surface area contributed by atoms with Crippen LogP contribution in [-0.2, 0) is 0 Å². The van der Waals surface area contributed by atoms with Crippen LogP contribution in [0.4, 0.5) is 0 Å². The van der Waals surface area contributed by atoms with E-state index in [1.54, 1.807) is 30.7 Å². The van der Waals surface area contributed by atoms with Gasteiger partial charge < -0.3 is 9.80 Å². The maximum absolute atomic E-state index is 12.8. The van der Waals surface area contributed by atoms with Crippen LogP contribution in [0.5, 0.6) is 0 Å². The van der Waals surface area contributed by atoms with Gasteiger partial charge in [0.05, 0.1) is 11.3 Å². The minimum Gasteiger partial charge on any atom is -0.339 e.